The summed E-state index contributed by atoms with van der Waals surface area (Å²) in [6.45, 7) is 3.88. The summed E-state index contributed by atoms with van der Waals surface area (Å²) in [4.78, 5) is 23.5. The van der Waals surface area contributed by atoms with Crippen molar-refractivity contribution in [1.29, 1.82) is 0 Å². The molecule has 1 aliphatic rings. The molecule has 10 heteroatoms. The van der Waals surface area contributed by atoms with Crippen molar-refractivity contribution >= 4 is 15.9 Å². The minimum Gasteiger partial charge on any atom is -0.472 e. The number of sulfonamides is 1. The molecule has 0 unspecified atom stereocenters. The molecule has 3 atom stereocenters. The van der Waals surface area contributed by atoms with Crippen molar-refractivity contribution in [3.8, 4) is 17.0 Å². The van der Waals surface area contributed by atoms with Crippen LogP contribution >= 0.6 is 0 Å². The van der Waals surface area contributed by atoms with Gasteiger partial charge in [0, 0.05) is 49.2 Å². The second-order valence-electron chi connectivity index (χ2n) is 7.98. The van der Waals surface area contributed by atoms with Gasteiger partial charge in [-0.15, -0.1) is 0 Å². The van der Waals surface area contributed by atoms with Crippen molar-refractivity contribution in [2.24, 2.45) is 5.92 Å². The normalized spacial score (nSPS) is 20.6. The van der Waals surface area contributed by atoms with E-state index in [2.05, 4.69) is 9.97 Å². The van der Waals surface area contributed by atoms with Gasteiger partial charge in [0.1, 0.15) is 11.7 Å². The number of rotatable bonds is 6. The molecule has 0 saturated heterocycles. The summed E-state index contributed by atoms with van der Waals surface area (Å²) in [7, 11) is -1.92. The van der Waals surface area contributed by atoms with Gasteiger partial charge in [0.15, 0.2) is 0 Å². The fraction of sp³-hybridized carbons (Fsp3) is 0.476. The van der Waals surface area contributed by atoms with Crippen LogP contribution in [0.1, 0.15) is 24.2 Å². The van der Waals surface area contributed by atoms with Crippen molar-refractivity contribution in [2.75, 3.05) is 33.0 Å². The Hall–Kier alpha value is -2.56. The molecule has 2 aromatic rings. The van der Waals surface area contributed by atoms with Gasteiger partial charge in [0.2, 0.25) is 15.9 Å². The van der Waals surface area contributed by atoms with E-state index in [1.807, 2.05) is 13.0 Å². The molecule has 0 fully saturated rings. The van der Waals surface area contributed by atoms with Crippen molar-refractivity contribution < 1.29 is 23.1 Å². The van der Waals surface area contributed by atoms with Gasteiger partial charge in [-0.3, -0.25) is 9.78 Å². The van der Waals surface area contributed by atoms with E-state index in [1.54, 1.807) is 42.5 Å². The first-order chi connectivity index (χ1) is 14.6. The molecule has 0 saturated carbocycles. The lowest BCUT2D eigenvalue weighted by Crippen LogP contribution is -2.50. The van der Waals surface area contributed by atoms with Gasteiger partial charge in [0.05, 0.1) is 25.4 Å². The van der Waals surface area contributed by atoms with E-state index < -0.39 is 22.2 Å². The Morgan fingerprint density at radius 3 is 2.71 bits per heavy atom. The Morgan fingerprint density at radius 1 is 1.35 bits per heavy atom. The highest BCUT2D eigenvalue weighted by molar-refractivity contribution is 7.88. The summed E-state index contributed by atoms with van der Waals surface area (Å²) in [5.74, 6) is -0.349. The first-order valence-corrected chi connectivity index (χ1v) is 11.9. The van der Waals surface area contributed by atoms with Crippen molar-refractivity contribution in [3.05, 3.63) is 42.4 Å². The third-order valence-electron chi connectivity index (χ3n) is 5.52. The zero-order chi connectivity index (χ0) is 22.8. The van der Waals surface area contributed by atoms with Crippen LogP contribution in [-0.4, -0.2) is 83.8 Å². The van der Waals surface area contributed by atoms with Crippen LogP contribution in [0.25, 0.3) is 11.1 Å². The molecular weight excluding hydrogens is 420 g/mol. The predicted molar refractivity (Wildman–Crippen MR) is 116 cm³/mol. The highest BCUT2D eigenvalue weighted by Crippen LogP contribution is 2.30. The smallest absolute Gasteiger partial charge is 0.259 e. The summed E-state index contributed by atoms with van der Waals surface area (Å²) in [5, 5.41) is 9.72. The highest BCUT2D eigenvalue weighted by Gasteiger charge is 2.35. The van der Waals surface area contributed by atoms with Gasteiger partial charge in [-0.2, -0.15) is 0 Å². The number of nitrogens with zero attached hydrogens (tertiary/aromatic N) is 4. The summed E-state index contributed by atoms with van der Waals surface area (Å²) >= 11 is 0. The van der Waals surface area contributed by atoms with Crippen LogP contribution in [-0.2, 0) is 10.0 Å². The molecule has 168 valence electrons. The molecule has 31 heavy (non-hydrogen) atoms. The Kier molecular flexibility index (Phi) is 6.93. The maximum Gasteiger partial charge on any atom is 0.259 e. The number of carbonyl (C=O) groups is 1. The SMILES string of the molecule is C[C@@H]1CN([C@@H](C)CO)C(=O)c2cc(-c3cccnc3)cnc2O[C@H]1CN(C)S(C)(=O)=O. The second-order valence-corrected chi connectivity index (χ2v) is 10.1. The highest BCUT2D eigenvalue weighted by atomic mass is 32.2. The number of pyridine rings is 2. The molecule has 9 nitrogen and oxygen atoms in total. The summed E-state index contributed by atoms with van der Waals surface area (Å²) in [5.41, 5.74) is 1.77. The molecule has 0 spiro atoms. The lowest BCUT2D eigenvalue weighted by atomic mass is 9.99. The van der Waals surface area contributed by atoms with Crippen LogP contribution in [0.2, 0.25) is 0 Å². The average molecular weight is 449 g/mol. The topological polar surface area (TPSA) is 113 Å². The standard InChI is InChI=1S/C21H28N4O5S/c1-14-11-25(15(2)13-26)21(27)18-8-17(16-6-5-7-22-9-16)10-23-20(18)30-19(14)12-24(3)31(4,28)29/h5-10,14-15,19,26H,11-13H2,1-4H3/t14-,15+,19+/m1/s1. The van der Waals surface area contributed by atoms with E-state index in [-0.39, 0.29) is 36.4 Å². The van der Waals surface area contributed by atoms with Crippen LogP contribution in [0.4, 0.5) is 0 Å². The number of aliphatic hydroxyl groups is 1. The monoisotopic (exact) mass is 448 g/mol. The minimum absolute atomic E-state index is 0.112. The first-order valence-electron chi connectivity index (χ1n) is 10.0. The number of hydrogen-bond acceptors (Lipinski definition) is 7. The Balaban J connectivity index is 2.06. The van der Waals surface area contributed by atoms with E-state index in [0.717, 1.165) is 11.8 Å². The third-order valence-corrected chi connectivity index (χ3v) is 6.80. The van der Waals surface area contributed by atoms with Gasteiger partial charge in [0.25, 0.3) is 5.91 Å². The average Bonchev–Trinajstić information content (AvgIpc) is 2.75. The molecule has 1 amide bonds. The van der Waals surface area contributed by atoms with E-state index in [4.69, 9.17) is 4.74 Å². The third kappa shape index (κ3) is 5.20. The van der Waals surface area contributed by atoms with E-state index >= 15 is 0 Å². The molecule has 1 aliphatic heterocycles. The van der Waals surface area contributed by atoms with Crippen LogP contribution in [0.3, 0.4) is 0 Å². The maximum absolute atomic E-state index is 13.4. The lowest BCUT2D eigenvalue weighted by Gasteiger charge is -2.37. The minimum atomic E-state index is -3.41. The Labute approximate surface area is 182 Å². The number of amides is 1. The maximum atomic E-state index is 13.4. The zero-order valence-corrected chi connectivity index (χ0v) is 18.9. The summed E-state index contributed by atoms with van der Waals surface area (Å²) in [6, 6.07) is 4.94. The number of aromatic nitrogens is 2. The number of hydrogen-bond donors (Lipinski definition) is 1. The van der Waals surface area contributed by atoms with Gasteiger partial charge in [-0.25, -0.2) is 17.7 Å². The number of fused-ring (bicyclic) bond motifs is 1. The molecule has 0 radical (unpaired) electrons. The summed E-state index contributed by atoms with van der Waals surface area (Å²) < 4.78 is 31.2. The van der Waals surface area contributed by atoms with Crippen LogP contribution in [0.15, 0.2) is 36.8 Å². The largest absolute Gasteiger partial charge is 0.472 e. The van der Waals surface area contributed by atoms with Crippen molar-refractivity contribution in [2.45, 2.75) is 26.0 Å². The fourth-order valence-corrected chi connectivity index (χ4v) is 3.82. The van der Waals surface area contributed by atoms with Gasteiger partial charge in [-0.1, -0.05) is 13.0 Å². The van der Waals surface area contributed by atoms with E-state index in [1.165, 1.54) is 11.4 Å². The molecule has 0 bridgehead atoms. The van der Waals surface area contributed by atoms with Crippen LogP contribution in [0.5, 0.6) is 5.88 Å². The van der Waals surface area contributed by atoms with Gasteiger partial charge >= 0.3 is 0 Å². The summed E-state index contributed by atoms with van der Waals surface area (Å²) in [6.07, 6.45) is 5.55. The molecule has 3 heterocycles. The van der Waals surface area contributed by atoms with Crippen molar-refractivity contribution in [1.82, 2.24) is 19.2 Å². The number of aliphatic hydroxyl groups excluding tert-OH is 1. The fourth-order valence-electron chi connectivity index (χ4n) is 3.40. The second kappa shape index (κ2) is 9.29. The Morgan fingerprint density at radius 2 is 2.10 bits per heavy atom. The Bertz CT molecular complexity index is 1030. The molecule has 0 aliphatic carbocycles. The molecule has 3 rings (SSSR count). The van der Waals surface area contributed by atoms with Crippen molar-refractivity contribution in [3.63, 3.8) is 0 Å². The number of likely N-dealkylation sites (N-methyl/N-ethyl adjacent to an activating group) is 1. The molecular formula is C21H28N4O5S. The number of carbonyl (C=O) groups excluding carboxylic acids is 1. The first kappa shape index (κ1) is 23.1. The quantitative estimate of drug-likeness (QED) is 0.708. The predicted octanol–water partition coefficient (Wildman–Crippen LogP) is 1.26. The van der Waals surface area contributed by atoms with Crippen LogP contribution < -0.4 is 4.74 Å². The van der Waals surface area contributed by atoms with Gasteiger partial charge < -0.3 is 14.7 Å². The lowest BCUT2D eigenvalue weighted by molar-refractivity contribution is 0.0374. The van der Waals surface area contributed by atoms with E-state index in [9.17, 15) is 18.3 Å². The van der Waals surface area contributed by atoms with Gasteiger partial charge in [-0.05, 0) is 19.1 Å². The van der Waals surface area contributed by atoms with Crippen LogP contribution in [0, 0.1) is 5.92 Å². The van der Waals surface area contributed by atoms with E-state index in [0.29, 0.717) is 12.1 Å². The zero-order valence-electron chi connectivity index (χ0n) is 18.1. The molecule has 2 aromatic heterocycles. The molecule has 1 N–H and O–H groups in total. The molecule has 0 aromatic carbocycles. The number of ether oxygens (including phenoxy) is 1.